The summed E-state index contributed by atoms with van der Waals surface area (Å²) in [5, 5.41) is 4.18. The Morgan fingerprint density at radius 2 is 1.74 bits per heavy atom. The lowest BCUT2D eigenvalue weighted by Crippen LogP contribution is -2.16. The second kappa shape index (κ2) is 6.12. The fourth-order valence-corrected chi connectivity index (χ4v) is 4.20. The number of hydrogen-bond acceptors (Lipinski definition) is 4. The van der Waals surface area contributed by atoms with Gasteiger partial charge < -0.3 is 0 Å². The summed E-state index contributed by atoms with van der Waals surface area (Å²) in [5.74, 6) is -3.58. The highest BCUT2D eigenvalue weighted by Crippen LogP contribution is 2.56. The number of sulfonamides is 1. The average molecular weight is 390 g/mol. The van der Waals surface area contributed by atoms with Crippen LogP contribution >= 0.6 is 0 Å². The molecule has 2 aromatic carbocycles. The maximum Gasteiger partial charge on any atom is 0.264 e. The monoisotopic (exact) mass is 390 g/mol. The van der Waals surface area contributed by atoms with Gasteiger partial charge in [-0.25, -0.2) is 26.6 Å². The molecule has 1 atom stereocenters. The zero-order valence-electron chi connectivity index (χ0n) is 14.3. The molecule has 0 spiro atoms. The van der Waals surface area contributed by atoms with Gasteiger partial charge in [-0.1, -0.05) is 36.4 Å². The standard InChI is InChI=1S/C18H16F2N4O2S/c1-12-21-17(22-24(12)13-7-3-2-4-8-13)23-27(25,26)16-10-6-5-9-14(16)15-11-18(15,19)20/h2-10,15H,11H2,1H3,(H,22,23). The molecule has 6 nitrogen and oxygen atoms in total. The number of rotatable bonds is 5. The number of benzene rings is 2. The van der Waals surface area contributed by atoms with Gasteiger partial charge in [-0.2, -0.15) is 4.98 Å². The fraction of sp³-hybridized carbons (Fsp3) is 0.222. The van der Waals surface area contributed by atoms with Crippen LogP contribution in [0.25, 0.3) is 5.69 Å². The smallest absolute Gasteiger partial charge is 0.246 e. The first-order valence-corrected chi connectivity index (χ1v) is 9.75. The normalized spacial score (nSPS) is 18.3. The first kappa shape index (κ1) is 17.6. The van der Waals surface area contributed by atoms with Gasteiger partial charge in [0.2, 0.25) is 0 Å². The molecular formula is C18H16F2N4O2S. The van der Waals surface area contributed by atoms with Gasteiger partial charge in [0.25, 0.3) is 21.9 Å². The zero-order valence-corrected chi connectivity index (χ0v) is 15.1. The molecule has 0 bridgehead atoms. The van der Waals surface area contributed by atoms with Crippen LogP contribution in [0, 0.1) is 6.92 Å². The highest BCUT2D eigenvalue weighted by Gasteiger charge is 2.58. The second-order valence-corrected chi connectivity index (χ2v) is 8.04. The topological polar surface area (TPSA) is 76.9 Å². The molecule has 0 saturated heterocycles. The van der Waals surface area contributed by atoms with E-state index in [1.165, 1.54) is 22.9 Å². The van der Waals surface area contributed by atoms with E-state index in [0.29, 0.717) is 5.82 Å². The van der Waals surface area contributed by atoms with Crippen LogP contribution in [0.3, 0.4) is 0 Å². The molecule has 0 amide bonds. The molecule has 1 aliphatic carbocycles. The predicted molar refractivity (Wildman–Crippen MR) is 95.7 cm³/mol. The number of nitrogens with zero attached hydrogens (tertiary/aromatic N) is 3. The minimum absolute atomic E-state index is 0.106. The SMILES string of the molecule is Cc1nc(NS(=O)(=O)c2ccccc2C2CC2(F)F)nn1-c1ccccc1. The third-order valence-corrected chi connectivity index (χ3v) is 5.81. The fourth-order valence-electron chi connectivity index (χ4n) is 2.99. The van der Waals surface area contributed by atoms with Gasteiger partial charge >= 0.3 is 0 Å². The van der Waals surface area contributed by atoms with E-state index in [-0.39, 0.29) is 22.8 Å². The van der Waals surface area contributed by atoms with Crippen molar-refractivity contribution in [3.05, 3.63) is 66.0 Å². The molecule has 9 heteroatoms. The van der Waals surface area contributed by atoms with Crippen molar-refractivity contribution in [1.82, 2.24) is 14.8 Å². The third kappa shape index (κ3) is 3.30. The molecule has 140 valence electrons. The van der Waals surface area contributed by atoms with Crippen molar-refractivity contribution in [1.29, 1.82) is 0 Å². The van der Waals surface area contributed by atoms with Gasteiger partial charge in [-0.3, -0.25) is 0 Å². The van der Waals surface area contributed by atoms with Crippen LogP contribution in [-0.2, 0) is 10.0 Å². The average Bonchev–Trinajstić information content (AvgIpc) is 3.12. The number of hydrogen-bond donors (Lipinski definition) is 1. The molecule has 1 unspecified atom stereocenters. The molecule has 4 rings (SSSR count). The number of para-hydroxylation sites is 1. The lowest BCUT2D eigenvalue weighted by atomic mass is 10.1. The van der Waals surface area contributed by atoms with E-state index < -0.39 is 21.9 Å². The van der Waals surface area contributed by atoms with E-state index in [1.807, 2.05) is 30.3 Å². The van der Waals surface area contributed by atoms with Crippen LogP contribution in [-0.4, -0.2) is 29.1 Å². The minimum Gasteiger partial charge on any atom is -0.246 e. The minimum atomic E-state index is -4.11. The Morgan fingerprint density at radius 1 is 1.11 bits per heavy atom. The van der Waals surface area contributed by atoms with Crippen LogP contribution < -0.4 is 4.72 Å². The second-order valence-electron chi connectivity index (χ2n) is 6.39. The summed E-state index contributed by atoms with van der Waals surface area (Å²) in [5.41, 5.74) is 0.834. The van der Waals surface area contributed by atoms with Gasteiger partial charge in [-0.15, -0.1) is 5.10 Å². The highest BCUT2D eigenvalue weighted by molar-refractivity contribution is 7.92. The summed E-state index contributed by atoms with van der Waals surface area (Å²) >= 11 is 0. The maximum atomic E-state index is 13.5. The Morgan fingerprint density at radius 3 is 2.41 bits per heavy atom. The molecule has 1 fully saturated rings. The third-order valence-electron chi connectivity index (χ3n) is 4.41. The van der Waals surface area contributed by atoms with Crippen molar-refractivity contribution in [3.8, 4) is 5.69 Å². The van der Waals surface area contributed by atoms with Crippen molar-refractivity contribution in [2.45, 2.75) is 30.1 Å². The Labute approximate surface area is 154 Å². The Hall–Kier alpha value is -2.81. The molecule has 1 N–H and O–H groups in total. The first-order chi connectivity index (χ1) is 12.8. The summed E-state index contributed by atoms with van der Waals surface area (Å²) in [6.45, 7) is 1.69. The Balaban J connectivity index is 1.66. The van der Waals surface area contributed by atoms with E-state index in [0.717, 1.165) is 5.69 Å². The number of aryl methyl sites for hydroxylation is 1. The summed E-state index contributed by atoms with van der Waals surface area (Å²) in [6, 6.07) is 14.9. The maximum absolute atomic E-state index is 13.5. The number of anilines is 1. The molecule has 0 aliphatic heterocycles. The van der Waals surface area contributed by atoms with Gasteiger partial charge in [0.1, 0.15) is 5.82 Å². The van der Waals surface area contributed by atoms with Crippen molar-refractivity contribution in [3.63, 3.8) is 0 Å². The Bertz CT molecular complexity index is 1100. The van der Waals surface area contributed by atoms with Gasteiger partial charge in [0, 0.05) is 6.42 Å². The highest BCUT2D eigenvalue weighted by atomic mass is 32.2. The molecule has 1 aliphatic rings. The first-order valence-electron chi connectivity index (χ1n) is 8.26. The van der Waals surface area contributed by atoms with E-state index in [1.54, 1.807) is 13.0 Å². The van der Waals surface area contributed by atoms with E-state index in [2.05, 4.69) is 14.8 Å². The number of aromatic nitrogens is 3. The van der Waals surface area contributed by atoms with Crippen LogP contribution in [0.15, 0.2) is 59.5 Å². The number of nitrogens with one attached hydrogen (secondary N) is 1. The molecule has 3 aromatic rings. The van der Waals surface area contributed by atoms with Crippen LogP contribution in [0.2, 0.25) is 0 Å². The molecule has 1 aromatic heterocycles. The lowest BCUT2D eigenvalue weighted by molar-refractivity contribution is 0.111. The van der Waals surface area contributed by atoms with Crippen LogP contribution in [0.1, 0.15) is 23.7 Å². The van der Waals surface area contributed by atoms with Crippen molar-refractivity contribution in [2.75, 3.05) is 4.72 Å². The summed E-state index contributed by atoms with van der Waals surface area (Å²) in [7, 11) is -4.11. The summed E-state index contributed by atoms with van der Waals surface area (Å²) in [4.78, 5) is 3.95. The van der Waals surface area contributed by atoms with Gasteiger partial charge in [-0.05, 0) is 30.7 Å². The van der Waals surface area contributed by atoms with E-state index in [9.17, 15) is 17.2 Å². The number of alkyl halides is 2. The summed E-state index contributed by atoms with van der Waals surface area (Å²) < 4.78 is 56.3. The van der Waals surface area contributed by atoms with Crippen LogP contribution in [0.5, 0.6) is 0 Å². The predicted octanol–water partition coefficient (Wildman–Crippen LogP) is 3.50. The lowest BCUT2D eigenvalue weighted by Gasteiger charge is -2.10. The molecule has 27 heavy (non-hydrogen) atoms. The largest absolute Gasteiger partial charge is 0.264 e. The molecule has 0 radical (unpaired) electrons. The summed E-state index contributed by atoms with van der Waals surface area (Å²) in [6.07, 6.45) is -0.348. The van der Waals surface area contributed by atoms with Crippen molar-refractivity contribution >= 4 is 16.0 Å². The van der Waals surface area contributed by atoms with Crippen LogP contribution in [0.4, 0.5) is 14.7 Å². The molecule has 1 heterocycles. The van der Waals surface area contributed by atoms with Crippen molar-refractivity contribution in [2.24, 2.45) is 0 Å². The van der Waals surface area contributed by atoms with Gasteiger partial charge in [0.15, 0.2) is 0 Å². The van der Waals surface area contributed by atoms with E-state index >= 15 is 0 Å². The quantitative estimate of drug-likeness (QED) is 0.723. The zero-order chi connectivity index (χ0) is 19.2. The Kier molecular flexibility index (Phi) is 3.99. The molecule has 1 saturated carbocycles. The van der Waals surface area contributed by atoms with Gasteiger partial charge in [0.05, 0.1) is 16.5 Å². The van der Waals surface area contributed by atoms with Crippen molar-refractivity contribution < 1.29 is 17.2 Å². The number of halogens is 2. The van der Waals surface area contributed by atoms with E-state index in [4.69, 9.17) is 0 Å². The molecular weight excluding hydrogens is 374 g/mol.